The lowest BCUT2D eigenvalue weighted by atomic mass is 10.3. The molecule has 0 saturated carbocycles. The Labute approximate surface area is 108 Å². The minimum Gasteiger partial charge on any atom is -0.385 e. The van der Waals surface area contributed by atoms with E-state index in [1.165, 1.54) is 0 Å². The maximum atomic E-state index is 12.0. The molecule has 0 aliphatic heterocycles. The summed E-state index contributed by atoms with van der Waals surface area (Å²) in [4.78, 5) is 17.8. The second kappa shape index (κ2) is 7.66. The fraction of sp³-hybridized carbons (Fsp3) is 0.538. The Kier molecular flexibility index (Phi) is 6.14. The minimum absolute atomic E-state index is 0.0610. The lowest BCUT2D eigenvalue weighted by molar-refractivity contribution is 0.0773. The van der Waals surface area contributed by atoms with Crippen molar-refractivity contribution in [3.63, 3.8) is 0 Å². The van der Waals surface area contributed by atoms with E-state index in [4.69, 9.17) is 4.74 Å². The van der Waals surface area contributed by atoms with Gasteiger partial charge in [-0.2, -0.15) is 0 Å². The Morgan fingerprint density at radius 2 is 2.28 bits per heavy atom. The summed E-state index contributed by atoms with van der Waals surface area (Å²) in [6.07, 6.45) is 2.51. The van der Waals surface area contributed by atoms with E-state index in [0.29, 0.717) is 18.8 Å². The molecule has 0 aromatic carbocycles. The molecule has 1 N–H and O–H groups in total. The van der Waals surface area contributed by atoms with Gasteiger partial charge in [0.1, 0.15) is 5.69 Å². The van der Waals surface area contributed by atoms with Gasteiger partial charge in [0.25, 0.3) is 5.91 Å². The summed E-state index contributed by atoms with van der Waals surface area (Å²) in [5, 5.41) is 3.14. The molecule has 1 heterocycles. The predicted molar refractivity (Wildman–Crippen MR) is 71.9 cm³/mol. The van der Waals surface area contributed by atoms with Crippen molar-refractivity contribution >= 4 is 11.6 Å². The highest BCUT2D eigenvalue weighted by Gasteiger charge is 2.12. The zero-order valence-electron chi connectivity index (χ0n) is 11.3. The number of carbonyl (C=O) groups is 1. The third-order valence-corrected chi connectivity index (χ3v) is 2.55. The molecule has 0 unspecified atom stereocenters. The van der Waals surface area contributed by atoms with Crippen LogP contribution in [0.5, 0.6) is 0 Å². The molecule has 5 heteroatoms. The molecule has 0 atom stereocenters. The molecule has 1 rings (SSSR count). The second-order valence-corrected chi connectivity index (χ2v) is 4.04. The first-order chi connectivity index (χ1) is 8.69. The summed E-state index contributed by atoms with van der Waals surface area (Å²) >= 11 is 0. The highest BCUT2D eigenvalue weighted by Crippen LogP contribution is 2.07. The van der Waals surface area contributed by atoms with Gasteiger partial charge in [0, 0.05) is 33.9 Å². The SMILES string of the molecule is CCNc1ccc(C(=O)N(C)CCCOC)nc1. The Hall–Kier alpha value is -1.62. The van der Waals surface area contributed by atoms with Crippen LogP contribution in [0.2, 0.25) is 0 Å². The number of pyridine rings is 1. The smallest absolute Gasteiger partial charge is 0.272 e. The zero-order chi connectivity index (χ0) is 13.4. The summed E-state index contributed by atoms with van der Waals surface area (Å²) in [5.74, 6) is -0.0610. The molecule has 0 radical (unpaired) electrons. The summed E-state index contributed by atoms with van der Waals surface area (Å²) in [6, 6.07) is 3.61. The molecule has 0 aliphatic rings. The average Bonchev–Trinajstić information content (AvgIpc) is 2.39. The molecular weight excluding hydrogens is 230 g/mol. The molecule has 0 fully saturated rings. The van der Waals surface area contributed by atoms with E-state index < -0.39 is 0 Å². The summed E-state index contributed by atoms with van der Waals surface area (Å²) in [5.41, 5.74) is 1.40. The van der Waals surface area contributed by atoms with Crippen molar-refractivity contribution in [1.29, 1.82) is 0 Å². The van der Waals surface area contributed by atoms with Gasteiger partial charge in [-0.05, 0) is 25.5 Å². The number of rotatable bonds is 7. The van der Waals surface area contributed by atoms with E-state index in [0.717, 1.165) is 18.7 Å². The van der Waals surface area contributed by atoms with Crippen LogP contribution in [0.3, 0.4) is 0 Å². The average molecular weight is 251 g/mol. The molecule has 100 valence electrons. The molecule has 0 bridgehead atoms. The number of methoxy groups -OCH3 is 1. The lowest BCUT2D eigenvalue weighted by Gasteiger charge is -2.16. The summed E-state index contributed by atoms with van der Waals surface area (Å²) < 4.78 is 4.96. The number of nitrogens with zero attached hydrogens (tertiary/aromatic N) is 2. The Morgan fingerprint density at radius 1 is 1.50 bits per heavy atom. The summed E-state index contributed by atoms with van der Waals surface area (Å²) in [6.45, 7) is 4.18. The van der Waals surface area contributed by atoms with Crippen LogP contribution in [-0.2, 0) is 4.74 Å². The normalized spacial score (nSPS) is 10.2. The number of aromatic nitrogens is 1. The highest BCUT2D eigenvalue weighted by molar-refractivity contribution is 5.92. The highest BCUT2D eigenvalue weighted by atomic mass is 16.5. The molecular formula is C13H21N3O2. The fourth-order valence-electron chi connectivity index (χ4n) is 1.57. The van der Waals surface area contributed by atoms with E-state index in [-0.39, 0.29) is 5.91 Å². The first kappa shape index (κ1) is 14.4. The third kappa shape index (κ3) is 4.33. The van der Waals surface area contributed by atoms with Gasteiger partial charge in [0.2, 0.25) is 0 Å². The fourth-order valence-corrected chi connectivity index (χ4v) is 1.57. The van der Waals surface area contributed by atoms with E-state index in [1.54, 1.807) is 31.3 Å². The van der Waals surface area contributed by atoms with Crippen LogP contribution in [0.1, 0.15) is 23.8 Å². The molecule has 1 amide bonds. The van der Waals surface area contributed by atoms with Crippen LogP contribution in [0.25, 0.3) is 0 Å². The topological polar surface area (TPSA) is 54.5 Å². The van der Waals surface area contributed by atoms with Crippen LogP contribution in [-0.4, -0.2) is 49.6 Å². The van der Waals surface area contributed by atoms with Gasteiger partial charge >= 0.3 is 0 Å². The minimum atomic E-state index is -0.0610. The van der Waals surface area contributed by atoms with Crippen molar-refractivity contribution in [2.24, 2.45) is 0 Å². The number of hydrogen-bond acceptors (Lipinski definition) is 4. The number of amides is 1. The van der Waals surface area contributed by atoms with Crippen molar-refractivity contribution in [3.8, 4) is 0 Å². The van der Waals surface area contributed by atoms with E-state index in [1.807, 2.05) is 13.0 Å². The van der Waals surface area contributed by atoms with Crippen molar-refractivity contribution < 1.29 is 9.53 Å². The number of anilines is 1. The zero-order valence-corrected chi connectivity index (χ0v) is 11.3. The van der Waals surface area contributed by atoms with Crippen molar-refractivity contribution in [2.45, 2.75) is 13.3 Å². The monoisotopic (exact) mass is 251 g/mol. The quantitative estimate of drug-likeness (QED) is 0.748. The standard InChI is InChI=1S/C13H21N3O2/c1-4-14-11-6-7-12(15-10-11)13(17)16(2)8-5-9-18-3/h6-7,10,14H,4-5,8-9H2,1-3H3. The largest absolute Gasteiger partial charge is 0.385 e. The lowest BCUT2D eigenvalue weighted by Crippen LogP contribution is -2.29. The molecule has 18 heavy (non-hydrogen) atoms. The Morgan fingerprint density at radius 3 is 2.83 bits per heavy atom. The third-order valence-electron chi connectivity index (χ3n) is 2.55. The van der Waals surface area contributed by atoms with Crippen molar-refractivity contribution in [2.75, 3.05) is 39.2 Å². The first-order valence-electron chi connectivity index (χ1n) is 6.13. The number of ether oxygens (including phenoxy) is 1. The van der Waals surface area contributed by atoms with Crippen LogP contribution in [0.15, 0.2) is 18.3 Å². The van der Waals surface area contributed by atoms with Crippen molar-refractivity contribution in [1.82, 2.24) is 9.88 Å². The molecule has 0 aliphatic carbocycles. The predicted octanol–water partition coefficient (Wildman–Crippen LogP) is 1.62. The molecule has 1 aromatic rings. The van der Waals surface area contributed by atoms with Gasteiger partial charge in [-0.3, -0.25) is 4.79 Å². The Bertz CT molecular complexity index is 365. The second-order valence-electron chi connectivity index (χ2n) is 4.04. The number of hydrogen-bond donors (Lipinski definition) is 1. The molecule has 0 spiro atoms. The van der Waals surface area contributed by atoms with Crippen LogP contribution in [0.4, 0.5) is 5.69 Å². The van der Waals surface area contributed by atoms with Crippen LogP contribution in [0, 0.1) is 0 Å². The van der Waals surface area contributed by atoms with E-state index >= 15 is 0 Å². The van der Waals surface area contributed by atoms with E-state index in [9.17, 15) is 4.79 Å². The summed E-state index contributed by atoms with van der Waals surface area (Å²) in [7, 11) is 3.43. The number of carbonyl (C=O) groups excluding carboxylic acids is 1. The van der Waals surface area contributed by atoms with Gasteiger partial charge in [-0.25, -0.2) is 4.98 Å². The molecule has 1 aromatic heterocycles. The first-order valence-corrected chi connectivity index (χ1v) is 6.13. The van der Waals surface area contributed by atoms with Gasteiger partial charge in [-0.1, -0.05) is 0 Å². The Balaban J connectivity index is 2.54. The van der Waals surface area contributed by atoms with Crippen molar-refractivity contribution in [3.05, 3.63) is 24.0 Å². The van der Waals surface area contributed by atoms with Gasteiger partial charge in [-0.15, -0.1) is 0 Å². The van der Waals surface area contributed by atoms with Gasteiger partial charge in [0.15, 0.2) is 0 Å². The van der Waals surface area contributed by atoms with E-state index in [2.05, 4.69) is 10.3 Å². The van der Waals surface area contributed by atoms with Gasteiger partial charge < -0.3 is 15.0 Å². The van der Waals surface area contributed by atoms with Crippen LogP contribution < -0.4 is 5.32 Å². The number of nitrogens with one attached hydrogen (secondary N) is 1. The maximum absolute atomic E-state index is 12.0. The molecule has 0 saturated heterocycles. The molecule has 5 nitrogen and oxygen atoms in total. The maximum Gasteiger partial charge on any atom is 0.272 e. The van der Waals surface area contributed by atoms with Crippen LogP contribution >= 0.6 is 0 Å². The van der Waals surface area contributed by atoms with Gasteiger partial charge in [0.05, 0.1) is 11.9 Å².